The minimum atomic E-state index is -0.975. The molecule has 2 aromatic carbocycles. The number of aromatic amines is 1. The lowest BCUT2D eigenvalue weighted by atomic mass is 9.98. The van der Waals surface area contributed by atoms with Gasteiger partial charge in [0.15, 0.2) is 0 Å². The zero-order chi connectivity index (χ0) is 18.1. The van der Waals surface area contributed by atoms with Crippen LogP contribution in [-0.4, -0.2) is 38.8 Å². The van der Waals surface area contributed by atoms with Gasteiger partial charge in [-0.15, -0.1) is 0 Å². The number of H-pyrrole nitrogens is 1. The van der Waals surface area contributed by atoms with E-state index in [1.807, 2.05) is 18.2 Å². The van der Waals surface area contributed by atoms with Crippen molar-refractivity contribution < 1.29 is 9.90 Å². The van der Waals surface area contributed by atoms with Gasteiger partial charge >= 0.3 is 0 Å². The fourth-order valence-electron chi connectivity index (χ4n) is 3.44. The molecule has 26 heavy (non-hydrogen) atoms. The van der Waals surface area contributed by atoms with E-state index in [-0.39, 0.29) is 5.91 Å². The highest BCUT2D eigenvalue weighted by Crippen LogP contribution is 2.30. The van der Waals surface area contributed by atoms with Gasteiger partial charge in [-0.25, -0.2) is 0 Å². The van der Waals surface area contributed by atoms with E-state index in [9.17, 15) is 9.90 Å². The molecule has 0 bridgehead atoms. The highest BCUT2D eigenvalue weighted by atomic mass is 16.3. The van der Waals surface area contributed by atoms with Crippen LogP contribution in [-0.2, 0) is 17.8 Å². The van der Waals surface area contributed by atoms with Crippen molar-refractivity contribution in [3.05, 3.63) is 65.9 Å². The van der Waals surface area contributed by atoms with E-state index in [0.717, 1.165) is 34.5 Å². The molecular weight excluding hydrogens is 326 g/mol. The molecule has 1 atom stereocenters. The molecule has 0 spiro atoms. The predicted molar refractivity (Wildman–Crippen MR) is 100 cm³/mol. The molecule has 1 amide bonds. The van der Waals surface area contributed by atoms with E-state index in [2.05, 4.69) is 46.6 Å². The summed E-state index contributed by atoms with van der Waals surface area (Å²) in [5.41, 5.74) is 6.34. The first kappa shape index (κ1) is 16.5. The van der Waals surface area contributed by atoms with Gasteiger partial charge in [-0.3, -0.25) is 9.89 Å². The van der Waals surface area contributed by atoms with Crippen molar-refractivity contribution in [3.8, 4) is 22.4 Å². The third-order valence-electron chi connectivity index (χ3n) is 4.87. The second kappa shape index (κ2) is 6.77. The molecule has 5 nitrogen and oxygen atoms in total. The maximum Gasteiger partial charge on any atom is 0.251 e. The largest absolute Gasteiger partial charge is 0.384 e. The summed E-state index contributed by atoms with van der Waals surface area (Å²) < 4.78 is 0. The smallest absolute Gasteiger partial charge is 0.251 e. The Bertz CT molecular complexity index is 914. The van der Waals surface area contributed by atoms with E-state index < -0.39 is 6.10 Å². The van der Waals surface area contributed by atoms with Crippen molar-refractivity contribution in [1.29, 1.82) is 0 Å². The van der Waals surface area contributed by atoms with Gasteiger partial charge in [-0.05, 0) is 18.1 Å². The predicted octanol–water partition coefficient (Wildman–Crippen LogP) is 3.01. The Morgan fingerprint density at radius 3 is 2.42 bits per heavy atom. The van der Waals surface area contributed by atoms with Crippen molar-refractivity contribution in [1.82, 2.24) is 15.1 Å². The summed E-state index contributed by atoms with van der Waals surface area (Å²) in [6, 6.07) is 18.6. The maximum absolute atomic E-state index is 12.1. The van der Waals surface area contributed by atoms with Crippen molar-refractivity contribution in [2.24, 2.45) is 0 Å². The molecule has 4 rings (SSSR count). The van der Waals surface area contributed by atoms with Gasteiger partial charge in [-0.2, -0.15) is 5.10 Å². The Morgan fingerprint density at radius 1 is 1.08 bits per heavy atom. The number of hydrogen-bond acceptors (Lipinski definition) is 3. The molecule has 1 aliphatic heterocycles. The number of carbonyl (C=O) groups is 1. The Morgan fingerprint density at radius 2 is 1.73 bits per heavy atom. The molecule has 0 radical (unpaired) electrons. The van der Waals surface area contributed by atoms with Crippen LogP contribution in [0, 0.1) is 0 Å². The number of nitrogens with one attached hydrogen (secondary N) is 1. The summed E-state index contributed by atoms with van der Waals surface area (Å²) in [6.45, 7) is 2.59. The summed E-state index contributed by atoms with van der Waals surface area (Å²) in [6.07, 6.45) is -0.250. The average Bonchev–Trinajstić information content (AvgIpc) is 3.11. The lowest BCUT2D eigenvalue weighted by Gasteiger charge is -2.28. The number of aromatic nitrogens is 2. The Balaban J connectivity index is 1.62. The number of amides is 1. The lowest BCUT2D eigenvalue weighted by molar-refractivity contribution is -0.140. The monoisotopic (exact) mass is 347 g/mol. The number of nitrogens with zero attached hydrogens (tertiary/aromatic N) is 2. The third kappa shape index (κ3) is 3.02. The van der Waals surface area contributed by atoms with Crippen molar-refractivity contribution >= 4 is 5.91 Å². The number of carbonyl (C=O) groups excluding carboxylic acids is 1. The van der Waals surface area contributed by atoms with Crippen molar-refractivity contribution in [2.75, 3.05) is 6.54 Å². The summed E-state index contributed by atoms with van der Waals surface area (Å²) in [5, 5.41) is 17.2. The summed E-state index contributed by atoms with van der Waals surface area (Å²) in [7, 11) is 0. The summed E-state index contributed by atoms with van der Waals surface area (Å²) in [5.74, 6) is -0.234. The van der Waals surface area contributed by atoms with Gasteiger partial charge in [0.2, 0.25) is 0 Å². The Labute approximate surface area is 152 Å². The minimum Gasteiger partial charge on any atom is -0.384 e. The van der Waals surface area contributed by atoms with Crippen LogP contribution in [0.1, 0.15) is 18.2 Å². The fraction of sp³-hybridized carbons (Fsp3) is 0.238. The highest BCUT2D eigenvalue weighted by molar-refractivity contribution is 5.81. The summed E-state index contributed by atoms with van der Waals surface area (Å²) >= 11 is 0. The fourth-order valence-corrected chi connectivity index (χ4v) is 3.44. The third-order valence-corrected chi connectivity index (χ3v) is 4.87. The van der Waals surface area contributed by atoms with Crippen LogP contribution in [0.25, 0.3) is 22.4 Å². The minimum absolute atomic E-state index is 0.234. The molecule has 5 heteroatoms. The molecule has 0 aliphatic carbocycles. The van der Waals surface area contributed by atoms with Crippen LogP contribution < -0.4 is 0 Å². The van der Waals surface area contributed by atoms with Gasteiger partial charge in [0, 0.05) is 36.3 Å². The number of aliphatic hydroxyl groups excluding tert-OH is 1. The van der Waals surface area contributed by atoms with Gasteiger partial charge in [0.1, 0.15) is 6.10 Å². The van der Waals surface area contributed by atoms with Crippen LogP contribution in [0.15, 0.2) is 54.6 Å². The maximum atomic E-state index is 12.1. The zero-order valence-electron chi connectivity index (χ0n) is 14.6. The Kier molecular flexibility index (Phi) is 4.31. The molecule has 132 valence electrons. The SMILES string of the molecule is C[C@@H](O)C(=O)N1CCc2[nH]nc(-c3ccc(-c4ccccc4)cc3)c2C1. The second-order valence-electron chi connectivity index (χ2n) is 6.66. The first-order valence-electron chi connectivity index (χ1n) is 8.82. The van der Waals surface area contributed by atoms with Crippen LogP contribution in [0.3, 0.4) is 0 Å². The molecule has 0 unspecified atom stereocenters. The number of benzene rings is 2. The number of aliphatic hydroxyl groups is 1. The zero-order valence-corrected chi connectivity index (χ0v) is 14.6. The number of fused-ring (bicyclic) bond motifs is 1. The van der Waals surface area contributed by atoms with Crippen LogP contribution in [0.4, 0.5) is 0 Å². The van der Waals surface area contributed by atoms with E-state index in [4.69, 9.17) is 0 Å². The first-order valence-corrected chi connectivity index (χ1v) is 8.82. The van der Waals surface area contributed by atoms with E-state index in [1.165, 1.54) is 12.5 Å². The molecule has 0 fully saturated rings. The van der Waals surface area contributed by atoms with Gasteiger partial charge in [-0.1, -0.05) is 54.6 Å². The molecule has 1 aromatic heterocycles. The van der Waals surface area contributed by atoms with Gasteiger partial charge in [0.25, 0.3) is 5.91 Å². The van der Waals surface area contributed by atoms with Crippen LogP contribution >= 0.6 is 0 Å². The van der Waals surface area contributed by atoms with E-state index >= 15 is 0 Å². The van der Waals surface area contributed by atoms with Gasteiger partial charge in [0.05, 0.1) is 5.69 Å². The van der Waals surface area contributed by atoms with Crippen LogP contribution in [0.2, 0.25) is 0 Å². The number of hydrogen-bond donors (Lipinski definition) is 2. The lowest BCUT2D eigenvalue weighted by Crippen LogP contribution is -2.41. The molecule has 0 saturated carbocycles. The molecule has 2 heterocycles. The van der Waals surface area contributed by atoms with Gasteiger partial charge < -0.3 is 10.0 Å². The first-order chi connectivity index (χ1) is 12.6. The normalized spacial score (nSPS) is 14.8. The quantitative estimate of drug-likeness (QED) is 0.765. The Hall–Kier alpha value is -2.92. The van der Waals surface area contributed by atoms with Crippen LogP contribution in [0.5, 0.6) is 0 Å². The van der Waals surface area contributed by atoms with Crippen molar-refractivity contribution in [2.45, 2.75) is 26.0 Å². The van der Waals surface area contributed by atoms with Crippen molar-refractivity contribution in [3.63, 3.8) is 0 Å². The number of rotatable bonds is 3. The second-order valence-corrected chi connectivity index (χ2v) is 6.66. The molecule has 0 saturated heterocycles. The molecule has 2 N–H and O–H groups in total. The molecular formula is C21H21N3O2. The van der Waals surface area contributed by atoms with E-state index in [1.54, 1.807) is 4.90 Å². The average molecular weight is 347 g/mol. The highest BCUT2D eigenvalue weighted by Gasteiger charge is 2.27. The van der Waals surface area contributed by atoms with E-state index in [0.29, 0.717) is 13.1 Å². The summed E-state index contributed by atoms with van der Waals surface area (Å²) in [4.78, 5) is 13.8. The molecule has 1 aliphatic rings. The molecule has 3 aromatic rings. The topological polar surface area (TPSA) is 69.2 Å². The standard InChI is InChI=1S/C21H21N3O2/c1-14(25)21(26)24-12-11-19-18(13-24)20(23-22-19)17-9-7-16(8-10-17)15-5-3-2-4-6-15/h2-10,14,25H,11-13H2,1H3,(H,22,23)/t14-/m1/s1.